The summed E-state index contributed by atoms with van der Waals surface area (Å²) in [4.78, 5) is 29.0. The molecule has 0 unspecified atom stereocenters. The van der Waals surface area contributed by atoms with Crippen molar-refractivity contribution in [2.75, 3.05) is 6.61 Å². The fraction of sp³-hybridized carbons (Fsp3) is 0.0938. The van der Waals surface area contributed by atoms with Gasteiger partial charge in [0.1, 0.15) is 5.69 Å². The number of carbonyl (C=O) groups excluding carboxylic acids is 2. The van der Waals surface area contributed by atoms with E-state index in [0.29, 0.717) is 50.3 Å². The summed E-state index contributed by atoms with van der Waals surface area (Å²) >= 11 is 12.7. The number of H-pyrrole nitrogens is 1. The number of fused-ring (bicyclic) bond motifs is 1. The number of benzene rings is 4. The van der Waals surface area contributed by atoms with Gasteiger partial charge in [-0.05, 0) is 67.4 Å². The van der Waals surface area contributed by atoms with Gasteiger partial charge in [-0.3, -0.25) is 4.79 Å². The summed E-state index contributed by atoms with van der Waals surface area (Å²) in [6.07, 6.45) is 1.47. The van der Waals surface area contributed by atoms with E-state index in [1.165, 1.54) is 6.21 Å². The van der Waals surface area contributed by atoms with E-state index < -0.39 is 11.9 Å². The molecule has 4 aromatic carbocycles. The Bertz CT molecular complexity index is 1760. The Balaban J connectivity index is 1.37. The summed E-state index contributed by atoms with van der Waals surface area (Å²) in [7, 11) is 0. The van der Waals surface area contributed by atoms with E-state index in [-0.39, 0.29) is 5.75 Å². The molecule has 5 rings (SSSR count). The minimum Gasteiger partial charge on any atom is -0.490 e. The molecule has 5 aromatic rings. The Morgan fingerprint density at radius 2 is 1.71 bits per heavy atom. The Hall–Kier alpha value is -4.59. The quantitative estimate of drug-likeness (QED) is 0.0839. The minimum absolute atomic E-state index is 0.278. The van der Waals surface area contributed by atoms with E-state index in [1.54, 1.807) is 42.5 Å². The molecule has 41 heavy (non-hydrogen) atoms. The van der Waals surface area contributed by atoms with Gasteiger partial charge in [0.05, 0.1) is 28.9 Å². The summed E-state index contributed by atoms with van der Waals surface area (Å²) in [6, 6.07) is 25.0. The minimum atomic E-state index is -0.492. The van der Waals surface area contributed by atoms with Crippen LogP contribution in [0.4, 0.5) is 0 Å². The molecule has 0 saturated carbocycles. The first-order valence-corrected chi connectivity index (χ1v) is 13.5. The Morgan fingerprint density at radius 1 is 0.951 bits per heavy atom. The van der Waals surface area contributed by atoms with Crippen LogP contribution >= 0.6 is 23.2 Å². The predicted molar refractivity (Wildman–Crippen MR) is 163 cm³/mol. The molecular weight excluding hydrogens is 561 g/mol. The molecule has 0 aliphatic rings. The van der Waals surface area contributed by atoms with Crippen molar-refractivity contribution in [2.45, 2.75) is 13.8 Å². The number of amides is 1. The van der Waals surface area contributed by atoms with Crippen LogP contribution in [0, 0.1) is 6.92 Å². The highest BCUT2D eigenvalue weighted by atomic mass is 35.5. The van der Waals surface area contributed by atoms with Crippen LogP contribution in [-0.2, 0) is 0 Å². The molecule has 0 saturated heterocycles. The average molecular weight is 586 g/mol. The van der Waals surface area contributed by atoms with Crippen molar-refractivity contribution in [2.24, 2.45) is 5.10 Å². The summed E-state index contributed by atoms with van der Waals surface area (Å²) in [5.74, 6) is -0.304. The number of aryl methyl sites for hydroxylation is 1. The summed E-state index contributed by atoms with van der Waals surface area (Å²) in [5.41, 5.74) is 7.05. The molecule has 0 atom stereocenters. The first-order chi connectivity index (χ1) is 19.8. The molecule has 0 aliphatic carbocycles. The van der Waals surface area contributed by atoms with Crippen LogP contribution in [0.3, 0.4) is 0 Å². The maximum Gasteiger partial charge on any atom is 0.343 e. The van der Waals surface area contributed by atoms with Crippen molar-refractivity contribution in [1.29, 1.82) is 0 Å². The van der Waals surface area contributed by atoms with Crippen molar-refractivity contribution in [3.05, 3.63) is 117 Å². The number of aromatic nitrogens is 1. The normalized spacial score (nSPS) is 11.1. The van der Waals surface area contributed by atoms with E-state index in [0.717, 1.165) is 16.5 Å². The zero-order valence-corrected chi connectivity index (χ0v) is 23.7. The van der Waals surface area contributed by atoms with Crippen molar-refractivity contribution in [3.8, 4) is 22.6 Å². The van der Waals surface area contributed by atoms with E-state index in [2.05, 4.69) is 15.5 Å². The van der Waals surface area contributed by atoms with Crippen LogP contribution in [0.25, 0.3) is 22.0 Å². The largest absolute Gasteiger partial charge is 0.490 e. The Kier molecular flexibility index (Phi) is 8.38. The predicted octanol–water partition coefficient (Wildman–Crippen LogP) is 7.83. The molecule has 1 heterocycles. The first kappa shape index (κ1) is 28.0. The lowest BCUT2D eigenvalue weighted by Gasteiger charge is -2.11. The van der Waals surface area contributed by atoms with Gasteiger partial charge < -0.3 is 14.5 Å². The van der Waals surface area contributed by atoms with Crippen molar-refractivity contribution in [3.63, 3.8) is 0 Å². The van der Waals surface area contributed by atoms with Gasteiger partial charge >= 0.3 is 5.97 Å². The topological polar surface area (TPSA) is 92.8 Å². The van der Waals surface area contributed by atoms with E-state index in [1.807, 2.05) is 56.3 Å². The second-order valence-electron chi connectivity index (χ2n) is 9.15. The number of esters is 1. The van der Waals surface area contributed by atoms with Gasteiger partial charge in [0.25, 0.3) is 5.91 Å². The van der Waals surface area contributed by atoms with Crippen LogP contribution in [0.1, 0.15) is 38.9 Å². The lowest BCUT2D eigenvalue weighted by atomic mass is 10.0. The molecule has 1 amide bonds. The molecule has 0 spiro atoms. The van der Waals surface area contributed by atoms with Gasteiger partial charge in [-0.15, -0.1) is 0 Å². The van der Waals surface area contributed by atoms with Crippen LogP contribution in [-0.4, -0.2) is 29.7 Å². The second-order valence-corrected chi connectivity index (χ2v) is 9.99. The third-order valence-corrected chi connectivity index (χ3v) is 6.77. The van der Waals surface area contributed by atoms with Gasteiger partial charge in [0.2, 0.25) is 0 Å². The summed E-state index contributed by atoms with van der Waals surface area (Å²) in [5, 5.41) is 5.73. The number of rotatable bonds is 8. The highest BCUT2D eigenvalue weighted by Gasteiger charge is 2.21. The van der Waals surface area contributed by atoms with E-state index >= 15 is 0 Å². The highest BCUT2D eigenvalue weighted by Crippen LogP contribution is 2.37. The number of halogens is 2. The monoisotopic (exact) mass is 585 g/mol. The fourth-order valence-corrected chi connectivity index (χ4v) is 4.86. The number of hydrazone groups is 1. The van der Waals surface area contributed by atoms with E-state index in [9.17, 15) is 9.59 Å². The molecule has 2 N–H and O–H groups in total. The Morgan fingerprint density at radius 3 is 2.44 bits per heavy atom. The molecule has 0 aliphatic heterocycles. The molecule has 1 aromatic heterocycles. The smallest absolute Gasteiger partial charge is 0.343 e. The molecule has 0 fully saturated rings. The number of aromatic amines is 1. The van der Waals surface area contributed by atoms with Gasteiger partial charge in [-0.25, -0.2) is 10.2 Å². The van der Waals surface area contributed by atoms with E-state index in [4.69, 9.17) is 32.7 Å². The first-order valence-electron chi connectivity index (χ1n) is 12.8. The van der Waals surface area contributed by atoms with Crippen LogP contribution in [0.2, 0.25) is 10.0 Å². The summed E-state index contributed by atoms with van der Waals surface area (Å²) in [6.45, 7) is 4.14. The summed E-state index contributed by atoms with van der Waals surface area (Å²) < 4.78 is 11.3. The maximum absolute atomic E-state index is 13.3. The average Bonchev–Trinajstić information content (AvgIpc) is 3.35. The van der Waals surface area contributed by atoms with Gasteiger partial charge in [0, 0.05) is 16.0 Å². The second kappa shape index (κ2) is 12.3. The lowest BCUT2D eigenvalue weighted by Crippen LogP contribution is -2.18. The number of ether oxygens (including phenoxy) is 2. The number of nitrogens with one attached hydrogen (secondary N) is 2. The molecule has 0 bridgehead atoms. The SMILES string of the molecule is CCOc1cc(C=NNC(=O)c2[nH]c3c(Cl)cc(Cl)cc3c2-c2ccccc2)ccc1OC(=O)c1ccc(C)cc1. The molecule has 7 nitrogen and oxygen atoms in total. The van der Waals surface area contributed by atoms with Crippen LogP contribution in [0.5, 0.6) is 11.5 Å². The third kappa shape index (κ3) is 6.27. The highest BCUT2D eigenvalue weighted by molar-refractivity contribution is 6.39. The lowest BCUT2D eigenvalue weighted by molar-refractivity contribution is 0.0728. The Labute approximate surface area is 246 Å². The van der Waals surface area contributed by atoms with Crippen LogP contribution < -0.4 is 14.9 Å². The number of hydrogen-bond acceptors (Lipinski definition) is 5. The third-order valence-electron chi connectivity index (χ3n) is 6.25. The number of carbonyl (C=O) groups is 2. The zero-order chi connectivity index (χ0) is 28.9. The molecule has 206 valence electrons. The fourth-order valence-electron chi connectivity index (χ4n) is 4.32. The molecule has 9 heteroatoms. The van der Waals surface area contributed by atoms with Gasteiger partial charge in [-0.2, -0.15) is 5.10 Å². The standard InChI is InChI=1S/C32H25Cl2N3O4/c1-3-40-27-15-20(11-14-26(27)41-32(39)22-12-9-19(2)10-13-22)18-35-37-31(38)30-28(21-7-5-4-6-8-21)24-16-23(33)17-25(34)29(24)36-30/h4-18,36H,3H2,1-2H3,(H,37,38). The number of hydrogen-bond donors (Lipinski definition) is 2. The van der Waals surface area contributed by atoms with Crippen molar-refractivity contribution in [1.82, 2.24) is 10.4 Å². The molecular formula is C32H25Cl2N3O4. The molecule has 0 radical (unpaired) electrons. The zero-order valence-electron chi connectivity index (χ0n) is 22.2. The van der Waals surface area contributed by atoms with Crippen LogP contribution in [0.15, 0.2) is 90.0 Å². The van der Waals surface area contributed by atoms with Gasteiger partial charge in [0.15, 0.2) is 11.5 Å². The van der Waals surface area contributed by atoms with Gasteiger partial charge in [-0.1, -0.05) is 71.2 Å². The van der Waals surface area contributed by atoms with Crippen molar-refractivity contribution < 1.29 is 19.1 Å². The maximum atomic E-state index is 13.3. The number of nitrogens with zero attached hydrogens (tertiary/aromatic N) is 1. The van der Waals surface area contributed by atoms with Crippen molar-refractivity contribution >= 4 is 52.2 Å².